The van der Waals surface area contributed by atoms with Crippen molar-refractivity contribution in [1.29, 1.82) is 0 Å². The Kier molecular flexibility index (Phi) is 5.39. The van der Waals surface area contributed by atoms with Crippen LogP contribution in [-0.4, -0.2) is 23.1 Å². The van der Waals surface area contributed by atoms with Gasteiger partial charge in [0.2, 0.25) is 0 Å². The maximum absolute atomic E-state index is 10.3. The van der Waals surface area contributed by atoms with Crippen molar-refractivity contribution < 1.29 is 9.52 Å². The van der Waals surface area contributed by atoms with Crippen LogP contribution in [0, 0.1) is 6.92 Å². The van der Waals surface area contributed by atoms with Gasteiger partial charge in [0.25, 0.3) is 0 Å². The predicted octanol–water partition coefficient (Wildman–Crippen LogP) is 3.53. The van der Waals surface area contributed by atoms with E-state index in [-0.39, 0.29) is 0 Å². The van der Waals surface area contributed by atoms with Crippen molar-refractivity contribution >= 4 is 0 Å². The molecule has 0 radical (unpaired) electrons. The lowest BCUT2D eigenvalue weighted by atomic mass is 10.0. The molecule has 1 heterocycles. The average Bonchev–Trinajstić information content (AvgIpc) is 2.96. The van der Waals surface area contributed by atoms with Gasteiger partial charge in [0.15, 0.2) is 0 Å². The molecule has 20 heavy (non-hydrogen) atoms. The zero-order valence-corrected chi connectivity index (χ0v) is 12.2. The maximum Gasteiger partial charge on any atom is 0.117 e. The van der Waals surface area contributed by atoms with Gasteiger partial charge in [0, 0.05) is 6.54 Å². The molecule has 3 heteroatoms. The molecule has 0 amide bonds. The number of hydrogen-bond donors (Lipinski definition) is 1. The fourth-order valence-corrected chi connectivity index (χ4v) is 2.39. The van der Waals surface area contributed by atoms with Gasteiger partial charge >= 0.3 is 0 Å². The first kappa shape index (κ1) is 14.8. The second kappa shape index (κ2) is 7.27. The Labute approximate surface area is 120 Å². The summed E-state index contributed by atoms with van der Waals surface area (Å²) in [6, 6.07) is 11.9. The molecule has 0 bridgehead atoms. The van der Waals surface area contributed by atoms with Crippen LogP contribution in [0.4, 0.5) is 0 Å². The molecule has 1 unspecified atom stereocenters. The molecule has 0 spiro atoms. The monoisotopic (exact) mass is 273 g/mol. The second-order valence-corrected chi connectivity index (χ2v) is 5.11. The van der Waals surface area contributed by atoms with Crippen molar-refractivity contribution in [2.24, 2.45) is 0 Å². The van der Waals surface area contributed by atoms with E-state index in [4.69, 9.17) is 4.42 Å². The molecule has 0 aliphatic rings. The Hall–Kier alpha value is -1.58. The number of hydrogen-bond acceptors (Lipinski definition) is 3. The minimum absolute atomic E-state index is 0.401. The fourth-order valence-electron chi connectivity index (χ4n) is 2.39. The largest absolute Gasteiger partial charge is 0.468 e. The van der Waals surface area contributed by atoms with Crippen molar-refractivity contribution in [2.45, 2.75) is 32.9 Å². The molecule has 1 aromatic heterocycles. The Bertz CT molecular complexity index is 507. The van der Waals surface area contributed by atoms with Crippen LogP contribution in [0.15, 0.2) is 47.1 Å². The summed E-state index contributed by atoms with van der Waals surface area (Å²) in [6.07, 6.45) is 2.03. The average molecular weight is 273 g/mol. The Morgan fingerprint density at radius 2 is 2.00 bits per heavy atom. The standard InChI is InChI=1S/C17H23NO2/c1-3-18(13-15-8-6-12-20-15)11-10-17(19)16-9-5-4-7-14(16)2/h4-9,12,17,19H,3,10-11,13H2,1-2H3. The molecule has 108 valence electrons. The minimum atomic E-state index is -0.401. The fraction of sp³-hybridized carbons (Fsp3) is 0.412. The molecule has 0 fully saturated rings. The van der Waals surface area contributed by atoms with Gasteiger partial charge in [-0.15, -0.1) is 0 Å². The van der Waals surface area contributed by atoms with Gasteiger partial charge in [-0.2, -0.15) is 0 Å². The highest BCUT2D eigenvalue weighted by Crippen LogP contribution is 2.20. The number of nitrogens with zero attached hydrogens (tertiary/aromatic N) is 1. The van der Waals surface area contributed by atoms with Crippen molar-refractivity contribution in [1.82, 2.24) is 4.90 Å². The molecule has 0 saturated carbocycles. The summed E-state index contributed by atoms with van der Waals surface area (Å²) in [5.41, 5.74) is 2.18. The van der Waals surface area contributed by atoms with Gasteiger partial charge < -0.3 is 9.52 Å². The van der Waals surface area contributed by atoms with Crippen molar-refractivity contribution in [2.75, 3.05) is 13.1 Å². The molecule has 0 saturated heterocycles. The summed E-state index contributed by atoms with van der Waals surface area (Å²) in [4.78, 5) is 2.28. The molecule has 2 aromatic rings. The third-order valence-electron chi connectivity index (χ3n) is 3.67. The summed E-state index contributed by atoms with van der Waals surface area (Å²) in [5, 5.41) is 10.3. The van der Waals surface area contributed by atoms with Crippen molar-refractivity contribution in [3.05, 3.63) is 59.5 Å². The first-order valence-corrected chi connectivity index (χ1v) is 7.19. The number of aliphatic hydroxyl groups is 1. The van der Waals surface area contributed by atoms with Gasteiger partial charge in [-0.3, -0.25) is 4.90 Å². The highest BCUT2D eigenvalue weighted by Gasteiger charge is 2.12. The van der Waals surface area contributed by atoms with Gasteiger partial charge in [0.05, 0.1) is 18.9 Å². The normalized spacial score (nSPS) is 12.8. The van der Waals surface area contributed by atoms with Crippen LogP contribution >= 0.6 is 0 Å². The van der Waals surface area contributed by atoms with E-state index in [1.54, 1.807) is 6.26 Å². The van der Waals surface area contributed by atoms with Gasteiger partial charge in [-0.05, 0) is 43.1 Å². The van der Waals surface area contributed by atoms with Crippen LogP contribution in [0.2, 0.25) is 0 Å². The Balaban J connectivity index is 1.88. The summed E-state index contributed by atoms with van der Waals surface area (Å²) in [7, 11) is 0. The van der Waals surface area contributed by atoms with E-state index in [9.17, 15) is 5.11 Å². The predicted molar refractivity (Wildman–Crippen MR) is 80.4 cm³/mol. The molecule has 3 nitrogen and oxygen atoms in total. The zero-order valence-electron chi connectivity index (χ0n) is 12.2. The third kappa shape index (κ3) is 3.95. The van der Waals surface area contributed by atoms with Crippen LogP contribution < -0.4 is 0 Å². The first-order chi connectivity index (χ1) is 9.70. The van der Waals surface area contributed by atoms with E-state index in [2.05, 4.69) is 11.8 Å². The molecule has 0 aliphatic carbocycles. The van der Waals surface area contributed by atoms with E-state index in [0.29, 0.717) is 0 Å². The molecule has 0 aliphatic heterocycles. The molecular formula is C17H23NO2. The second-order valence-electron chi connectivity index (χ2n) is 5.11. The van der Waals surface area contributed by atoms with E-state index in [0.717, 1.165) is 42.9 Å². The zero-order chi connectivity index (χ0) is 14.4. The summed E-state index contributed by atoms with van der Waals surface area (Å²) in [6.45, 7) is 6.76. The summed E-state index contributed by atoms with van der Waals surface area (Å²) < 4.78 is 5.37. The van der Waals surface area contributed by atoms with Crippen LogP contribution in [0.5, 0.6) is 0 Å². The molecule has 1 aromatic carbocycles. The smallest absolute Gasteiger partial charge is 0.117 e. The Morgan fingerprint density at radius 3 is 2.65 bits per heavy atom. The van der Waals surface area contributed by atoms with Crippen molar-refractivity contribution in [3.63, 3.8) is 0 Å². The number of aryl methyl sites for hydroxylation is 1. The quantitative estimate of drug-likeness (QED) is 0.838. The minimum Gasteiger partial charge on any atom is -0.468 e. The molecule has 1 N–H and O–H groups in total. The summed E-state index contributed by atoms with van der Waals surface area (Å²) in [5.74, 6) is 0.970. The van der Waals surface area contributed by atoms with E-state index >= 15 is 0 Å². The van der Waals surface area contributed by atoms with Gasteiger partial charge in [-0.25, -0.2) is 0 Å². The van der Waals surface area contributed by atoms with E-state index in [1.165, 1.54) is 0 Å². The number of benzene rings is 1. The van der Waals surface area contributed by atoms with Gasteiger partial charge in [0.1, 0.15) is 5.76 Å². The lowest BCUT2D eigenvalue weighted by Gasteiger charge is -2.21. The third-order valence-corrected chi connectivity index (χ3v) is 3.67. The number of rotatable bonds is 7. The maximum atomic E-state index is 10.3. The van der Waals surface area contributed by atoms with Crippen molar-refractivity contribution in [3.8, 4) is 0 Å². The molecule has 2 rings (SSSR count). The van der Waals surface area contributed by atoms with Crippen LogP contribution in [0.25, 0.3) is 0 Å². The molecule has 1 atom stereocenters. The number of furan rings is 1. The van der Waals surface area contributed by atoms with Gasteiger partial charge in [-0.1, -0.05) is 31.2 Å². The topological polar surface area (TPSA) is 36.6 Å². The van der Waals surface area contributed by atoms with Crippen LogP contribution in [-0.2, 0) is 6.54 Å². The first-order valence-electron chi connectivity index (χ1n) is 7.19. The highest BCUT2D eigenvalue weighted by atomic mass is 16.3. The summed E-state index contributed by atoms with van der Waals surface area (Å²) >= 11 is 0. The lowest BCUT2D eigenvalue weighted by molar-refractivity contribution is 0.138. The SMILES string of the molecule is CCN(CCC(O)c1ccccc1C)Cc1ccco1. The van der Waals surface area contributed by atoms with Crippen LogP contribution in [0.1, 0.15) is 36.3 Å². The van der Waals surface area contributed by atoms with E-state index < -0.39 is 6.10 Å². The lowest BCUT2D eigenvalue weighted by Crippen LogP contribution is -2.25. The van der Waals surface area contributed by atoms with Crippen LogP contribution in [0.3, 0.4) is 0 Å². The number of aliphatic hydroxyl groups excluding tert-OH is 1. The van der Waals surface area contributed by atoms with E-state index in [1.807, 2.05) is 43.3 Å². The molecular weight excluding hydrogens is 250 g/mol. The Morgan fingerprint density at radius 1 is 1.20 bits per heavy atom. The highest BCUT2D eigenvalue weighted by molar-refractivity contribution is 5.27.